The maximum atomic E-state index is 9.64. The van der Waals surface area contributed by atoms with Crippen molar-refractivity contribution in [3.63, 3.8) is 0 Å². The highest BCUT2D eigenvalue weighted by Crippen LogP contribution is 2.38. The molecule has 0 saturated heterocycles. The lowest BCUT2D eigenvalue weighted by Gasteiger charge is -2.15. The number of nitriles is 1. The molecule has 0 radical (unpaired) electrons. The fourth-order valence-corrected chi connectivity index (χ4v) is 4.49. The second-order valence-electron chi connectivity index (χ2n) is 7.98. The molecule has 5 aromatic rings. The van der Waals surface area contributed by atoms with Crippen LogP contribution in [0.1, 0.15) is 16.8 Å². The van der Waals surface area contributed by atoms with Gasteiger partial charge in [0.25, 0.3) is 0 Å². The van der Waals surface area contributed by atoms with Crippen LogP contribution in [0.2, 0.25) is 0 Å². The first kappa shape index (κ1) is 23.1. The van der Waals surface area contributed by atoms with Crippen LogP contribution in [0, 0.1) is 18.3 Å². The molecule has 7 nitrogen and oxygen atoms in total. The van der Waals surface area contributed by atoms with Gasteiger partial charge in [0.2, 0.25) is 0 Å². The molecule has 0 fully saturated rings. The first-order valence-corrected chi connectivity index (χ1v) is 12.0. The molecule has 2 N–H and O–H groups in total. The lowest BCUT2D eigenvalue weighted by molar-refractivity contribution is 0.306. The minimum atomic E-state index is 0.217. The third kappa shape index (κ3) is 5.22. The number of hydrogen-bond donors (Lipinski definition) is 2. The number of aromatic nitrogens is 3. The predicted octanol–water partition coefficient (Wildman–Crippen LogP) is 6.38. The van der Waals surface area contributed by atoms with Crippen LogP contribution in [0.4, 0.5) is 11.5 Å². The number of hydrogen-bond acceptors (Lipinski definition) is 8. The highest BCUT2D eigenvalue weighted by atomic mass is 32.2. The van der Waals surface area contributed by atoms with Gasteiger partial charge in [0.05, 0.1) is 22.7 Å². The van der Waals surface area contributed by atoms with Crippen molar-refractivity contribution in [1.29, 1.82) is 5.26 Å². The van der Waals surface area contributed by atoms with E-state index in [0.29, 0.717) is 22.8 Å². The first-order chi connectivity index (χ1) is 17.6. The number of pyridine rings is 1. The van der Waals surface area contributed by atoms with Crippen molar-refractivity contribution in [2.75, 3.05) is 5.32 Å². The van der Waals surface area contributed by atoms with Gasteiger partial charge in [-0.15, -0.1) is 0 Å². The van der Waals surface area contributed by atoms with Crippen molar-refractivity contribution in [2.24, 2.45) is 0 Å². The molecule has 176 valence electrons. The predicted molar refractivity (Wildman–Crippen MR) is 140 cm³/mol. The number of aryl methyl sites for hydroxylation is 1. The third-order valence-corrected chi connectivity index (χ3v) is 6.52. The molecule has 0 bridgehead atoms. The van der Waals surface area contributed by atoms with E-state index in [1.165, 1.54) is 6.33 Å². The molecule has 0 spiro atoms. The molecule has 0 saturated carbocycles. The van der Waals surface area contributed by atoms with Crippen LogP contribution >= 0.6 is 11.8 Å². The quantitative estimate of drug-likeness (QED) is 0.270. The Hall–Kier alpha value is -4.61. The van der Waals surface area contributed by atoms with E-state index in [1.807, 2.05) is 67.6 Å². The summed E-state index contributed by atoms with van der Waals surface area (Å²) in [7, 11) is 0. The van der Waals surface area contributed by atoms with Gasteiger partial charge in [-0.25, -0.2) is 15.0 Å². The Morgan fingerprint density at radius 1 is 1.00 bits per heavy atom. The summed E-state index contributed by atoms with van der Waals surface area (Å²) < 4.78 is 6.06. The number of phenols is 1. The number of aromatic hydroxyl groups is 1. The van der Waals surface area contributed by atoms with Gasteiger partial charge < -0.3 is 15.2 Å². The van der Waals surface area contributed by atoms with E-state index in [-0.39, 0.29) is 12.4 Å². The van der Waals surface area contributed by atoms with Crippen LogP contribution in [0.5, 0.6) is 11.5 Å². The lowest BCUT2D eigenvalue weighted by Crippen LogP contribution is -2.01. The zero-order valence-corrected chi connectivity index (χ0v) is 20.2. The van der Waals surface area contributed by atoms with Crippen molar-refractivity contribution in [3.8, 4) is 17.6 Å². The van der Waals surface area contributed by atoms with Crippen molar-refractivity contribution in [2.45, 2.75) is 23.3 Å². The van der Waals surface area contributed by atoms with E-state index in [9.17, 15) is 10.4 Å². The van der Waals surface area contributed by atoms with Crippen molar-refractivity contribution in [1.82, 2.24) is 15.0 Å². The van der Waals surface area contributed by atoms with Gasteiger partial charge in [-0.1, -0.05) is 30.0 Å². The highest BCUT2D eigenvalue weighted by molar-refractivity contribution is 7.99. The van der Waals surface area contributed by atoms with E-state index in [1.54, 1.807) is 30.0 Å². The fraction of sp³-hybridized carbons (Fsp3) is 0.0714. The number of nitrogens with zero attached hydrogens (tertiary/aromatic N) is 4. The smallest absolute Gasteiger partial charge is 0.164 e. The topological polar surface area (TPSA) is 104 Å². The SMILES string of the molecule is Cc1ccc2c(Nc3cc(OCc4ccccc4C#N)ccc3Sc3ccc(O)cc3)ncnc2n1. The van der Waals surface area contributed by atoms with Crippen LogP contribution < -0.4 is 10.1 Å². The number of ether oxygens (including phenoxy) is 1. The van der Waals surface area contributed by atoms with Crippen LogP contribution in [-0.4, -0.2) is 20.1 Å². The van der Waals surface area contributed by atoms with E-state index in [4.69, 9.17) is 4.74 Å². The molecule has 0 aliphatic heterocycles. The number of rotatable bonds is 7. The molecule has 5 rings (SSSR count). The molecule has 0 atom stereocenters. The largest absolute Gasteiger partial charge is 0.508 e. The second-order valence-corrected chi connectivity index (χ2v) is 9.10. The number of benzene rings is 3. The molecule has 0 aliphatic rings. The summed E-state index contributed by atoms with van der Waals surface area (Å²) in [6, 6.07) is 26.3. The van der Waals surface area contributed by atoms with Gasteiger partial charge in [0.1, 0.15) is 30.3 Å². The Morgan fingerprint density at radius 2 is 1.83 bits per heavy atom. The fourth-order valence-electron chi connectivity index (χ4n) is 3.61. The Balaban J connectivity index is 1.49. The van der Waals surface area contributed by atoms with Crippen LogP contribution in [0.3, 0.4) is 0 Å². The maximum absolute atomic E-state index is 9.64. The third-order valence-electron chi connectivity index (χ3n) is 5.44. The second kappa shape index (κ2) is 10.3. The summed E-state index contributed by atoms with van der Waals surface area (Å²) in [4.78, 5) is 15.2. The monoisotopic (exact) mass is 491 g/mol. The van der Waals surface area contributed by atoms with Crippen LogP contribution in [0.25, 0.3) is 11.0 Å². The molecule has 2 heterocycles. The van der Waals surface area contributed by atoms with E-state index >= 15 is 0 Å². The summed E-state index contributed by atoms with van der Waals surface area (Å²) in [5, 5.41) is 23.2. The Kier molecular flexibility index (Phi) is 6.65. The van der Waals surface area contributed by atoms with Crippen molar-refractivity contribution < 1.29 is 9.84 Å². The number of anilines is 2. The van der Waals surface area contributed by atoms with E-state index in [0.717, 1.165) is 32.1 Å². The summed E-state index contributed by atoms with van der Waals surface area (Å²) in [6.07, 6.45) is 1.49. The van der Waals surface area contributed by atoms with Gasteiger partial charge in [0.15, 0.2) is 5.65 Å². The summed E-state index contributed by atoms with van der Waals surface area (Å²) in [6.45, 7) is 2.19. The Bertz CT molecular complexity index is 1580. The summed E-state index contributed by atoms with van der Waals surface area (Å²) in [5.74, 6) is 1.49. The summed E-state index contributed by atoms with van der Waals surface area (Å²) >= 11 is 1.55. The van der Waals surface area contributed by atoms with E-state index < -0.39 is 0 Å². The number of nitrogens with one attached hydrogen (secondary N) is 1. The molecule has 8 heteroatoms. The van der Waals surface area contributed by atoms with Crippen LogP contribution in [-0.2, 0) is 6.61 Å². The molecule has 2 aromatic heterocycles. The molecular weight excluding hydrogens is 470 g/mol. The first-order valence-electron chi connectivity index (χ1n) is 11.2. The molecule has 0 aliphatic carbocycles. The Labute approximate surface area is 212 Å². The Morgan fingerprint density at radius 3 is 2.67 bits per heavy atom. The van der Waals surface area contributed by atoms with Gasteiger partial charge in [-0.2, -0.15) is 5.26 Å². The molecule has 0 unspecified atom stereocenters. The number of phenolic OH excluding ortho intramolecular Hbond substituents is 1. The van der Waals surface area contributed by atoms with Gasteiger partial charge in [-0.05, 0) is 61.5 Å². The maximum Gasteiger partial charge on any atom is 0.164 e. The minimum absolute atomic E-state index is 0.217. The highest BCUT2D eigenvalue weighted by Gasteiger charge is 2.12. The van der Waals surface area contributed by atoms with Gasteiger partial charge >= 0.3 is 0 Å². The van der Waals surface area contributed by atoms with Gasteiger partial charge in [0, 0.05) is 27.1 Å². The standard InChI is InChI=1S/C28H21N5O2S/c1-18-6-12-24-27(32-18)30-17-31-28(24)33-25-14-22(35-16-20-5-3-2-4-19(20)15-29)9-13-26(25)36-23-10-7-21(34)8-11-23/h2-14,17,34H,16H2,1H3,(H,30,31,32,33). The zero-order chi connectivity index (χ0) is 24.9. The minimum Gasteiger partial charge on any atom is -0.508 e. The van der Waals surface area contributed by atoms with Crippen molar-refractivity contribution in [3.05, 3.63) is 102 Å². The zero-order valence-electron chi connectivity index (χ0n) is 19.3. The number of fused-ring (bicyclic) bond motifs is 1. The average molecular weight is 492 g/mol. The molecule has 3 aromatic carbocycles. The lowest BCUT2D eigenvalue weighted by atomic mass is 10.1. The molecule has 0 amide bonds. The molecule has 36 heavy (non-hydrogen) atoms. The molecular formula is C28H21N5O2S. The summed E-state index contributed by atoms with van der Waals surface area (Å²) in [5.41, 5.74) is 3.69. The van der Waals surface area contributed by atoms with Gasteiger partial charge in [-0.3, -0.25) is 0 Å². The average Bonchev–Trinajstić information content (AvgIpc) is 2.90. The van der Waals surface area contributed by atoms with Crippen LogP contribution in [0.15, 0.2) is 95.0 Å². The normalized spacial score (nSPS) is 10.7. The van der Waals surface area contributed by atoms with E-state index in [2.05, 4.69) is 26.3 Å². The van der Waals surface area contributed by atoms with Crippen molar-refractivity contribution >= 4 is 34.3 Å².